The first-order valence-electron chi connectivity index (χ1n) is 10.3. The van der Waals surface area contributed by atoms with E-state index >= 15 is 0 Å². The van der Waals surface area contributed by atoms with Crippen LogP contribution in [0.1, 0.15) is 33.6 Å². The number of carbonyl (C=O) groups excluding carboxylic acids is 1. The topological polar surface area (TPSA) is 77.0 Å². The van der Waals surface area contributed by atoms with Crippen molar-refractivity contribution in [2.75, 3.05) is 31.6 Å². The zero-order chi connectivity index (χ0) is 22.4. The highest BCUT2D eigenvalue weighted by atomic mass is 35.5. The molecule has 31 heavy (non-hydrogen) atoms. The van der Waals surface area contributed by atoms with E-state index in [1.54, 1.807) is 23.3 Å². The lowest BCUT2D eigenvalue weighted by atomic mass is 9.97. The maximum Gasteiger partial charge on any atom is 0.528 e. The first-order chi connectivity index (χ1) is 14.7. The van der Waals surface area contributed by atoms with Crippen LogP contribution in [0.25, 0.3) is 0 Å². The molecule has 0 unspecified atom stereocenters. The van der Waals surface area contributed by atoms with Crippen LogP contribution in [0.4, 0.5) is 10.6 Å². The molecule has 0 atom stereocenters. The number of anilines is 1. The van der Waals surface area contributed by atoms with E-state index in [0.717, 1.165) is 25.2 Å². The summed E-state index contributed by atoms with van der Waals surface area (Å²) in [4.78, 5) is 27.7. The summed E-state index contributed by atoms with van der Waals surface area (Å²) in [5, 5.41) is 2.20. The Morgan fingerprint density at radius 3 is 2.61 bits per heavy atom. The molecule has 1 aliphatic heterocycles. The number of hydrogen-bond acceptors (Lipinski definition) is 8. The Bertz CT molecular complexity index is 882. The Balaban J connectivity index is 1.49. The lowest BCUT2D eigenvalue weighted by Crippen LogP contribution is -2.40. The molecule has 0 saturated carbocycles. The molecule has 1 fully saturated rings. The summed E-state index contributed by atoms with van der Waals surface area (Å²) in [7, 11) is 1.99. The molecule has 0 spiro atoms. The van der Waals surface area contributed by atoms with E-state index in [1.807, 2.05) is 40.0 Å². The normalized spacial score (nSPS) is 15.4. The molecule has 2 aromatic rings. The number of rotatable bonds is 6. The zero-order valence-electron chi connectivity index (χ0n) is 18.4. The molecular formula is C22H29ClN4O4. The smallest absolute Gasteiger partial charge is 0.437 e. The van der Waals surface area contributed by atoms with Crippen molar-refractivity contribution in [2.45, 2.75) is 39.2 Å². The predicted molar refractivity (Wildman–Crippen MR) is 118 cm³/mol. The molecule has 1 aromatic heterocycles. The van der Waals surface area contributed by atoms with Crippen LogP contribution in [-0.2, 0) is 9.57 Å². The number of carbonyl (C=O) groups is 1. The van der Waals surface area contributed by atoms with Gasteiger partial charge in [0, 0.05) is 32.7 Å². The van der Waals surface area contributed by atoms with Crippen molar-refractivity contribution in [1.82, 2.24) is 15.0 Å². The molecule has 1 aliphatic rings. The average molecular weight is 449 g/mol. The van der Waals surface area contributed by atoms with Gasteiger partial charge >= 0.3 is 6.16 Å². The summed E-state index contributed by atoms with van der Waals surface area (Å²) in [6.45, 7) is 7.60. The van der Waals surface area contributed by atoms with Gasteiger partial charge < -0.3 is 19.2 Å². The molecular weight excluding hydrogens is 420 g/mol. The number of piperidine rings is 1. The standard InChI is InChI=1S/C22H29ClN4O4/c1-22(2,3)30-21(28)31-27-11-9-16(10-12-27)14-26(4)19-13-20(25-15-24-19)29-18-8-6-5-7-17(18)23/h5-8,13,15-16H,9-12,14H2,1-4H3. The van der Waals surface area contributed by atoms with Crippen LogP contribution < -0.4 is 9.64 Å². The lowest BCUT2D eigenvalue weighted by Gasteiger charge is -2.33. The Hall–Kier alpha value is -2.58. The Morgan fingerprint density at radius 1 is 1.23 bits per heavy atom. The van der Waals surface area contributed by atoms with E-state index in [9.17, 15) is 4.79 Å². The van der Waals surface area contributed by atoms with Crippen LogP contribution in [0.2, 0.25) is 5.02 Å². The van der Waals surface area contributed by atoms with Gasteiger partial charge in [0.25, 0.3) is 0 Å². The molecule has 168 valence electrons. The predicted octanol–water partition coefficient (Wildman–Crippen LogP) is 4.94. The van der Waals surface area contributed by atoms with Gasteiger partial charge in [0.15, 0.2) is 0 Å². The van der Waals surface area contributed by atoms with Crippen molar-refractivity contribution in [1.29, 1.82) is 0 Å². The van der Waals surface area contributed by atoms with Gasteiger partial charge in [-0.2, -0.15) is 0 Å². The molecule has 0 N–H and O–H groups in total. The second kappa shape index (κ2) is 10.2. The van der Waals surface area contributed by atoms with Crippen LogP contribution in [0.5, 0.6) is 11.6 Å². The van der Waals surface area contributed by atoms with Crippen molar-refractivity contribution in [3.8, 4) is 11.6 Å². The number of benzene rings is 1. The van der Waals surface area contributed by atoms with E-state index in [0.29, 0.717) is 35.7 Å². The van der Waals surface area contributed by atoms with Gasteiger partial charge in [0.05, 0.1) is 5.02 Å². The maximum atomic E-state index is 11.8. The largest absolute Gasteiger partial charge is 0.528 e. The van der Waals surface area contributed by atoms with E-state index in [1.165, 1.54) is 6.33 Å². The fourth-order valence-corrected chi connectivity index (χ4v) is 3.45. The highest BCUT2D eigenvalue weighted by Crippen LogP contribution is 2.29. The molecule has 0 aliphatic carbocycles. The number of hydroxylamine groups is 2. The monoisotopic (exact) mass is 448 g/mol. The molecule has 3 rings (SSSR count). The highest BCUT2D eigenvalue weighted by molar-refractivity contribution is 6.32. The van der Waals surface area contributed by atoms with Crippen LogP contribution in [-0.4, -0.2) is 53.5 Å². The minimum Gasteiger partial charge on any atom is -0.437 e. The second-order valence-electron chi connectivity index (χ2n) is 8.56. The van der Waals surface area contributed by atoms with Gasteiger partial charge in [-0.25, -0.2) is 14.8 Å². The van der Waals surface area contributed by atoms with Crippen molar-refractivity contribution in [3.63, 3.8) is 0 Å². The molecule has 1 saturated heterocycles. The van der Waals surface area contributed by atoms with Crippen LogP contribution in [0, 0.1) is 5.92 Å². The third-order valence-corrected chi connectivity index (χ3v) is 5.08. The molecule has 8 nitrogen and oxygen atoms in total. The molecule has 0 amide bonds. The number of hydrogen-bond donors (Lipinski definition) is 0. The minimum absolute atomic E-state index is 0.436. The number of nitrogens with zero attached hydrogens (tertiary/aromatic N) is 4. The number of aromatic nitrogens is 2. The fourth-order valence-electron chi connectivity index (χ4n) is 3.27. The first-order valence-corrected chi connectivity index (χ1v) is 10.7. The van der Waals surface area contributed by atoms with Crippen LogP contribution in [0.3, 0.4) is 0 Å². The van der Waals surface area contributed by atoms with Crippen molar-refractivity contribution in [2.24, 2.45) is 5.92 Å². The minimum atomic E-state index is -0.657. The highest BCUT2D eigenvalue weighted by Gasteiger charge is 2.26. The van der Waals surface area contributed by atoms with Gasteiger partial charge in [-0.05, 0) is 51.7 Å². The van der Waals surface area contributed by atoms with Gasteiger partial charge in [-0.3, -0.25) is 0 Å². The Kier molecular flexibility index (Phi) is 7.56. The third kappa shape index (κ3) is 7.25. The second-order valence-corrected chi connectivity index (χ2v) is 8.96. The third-order valence-electron chi connectivity index (χ3n) is 4.77. The van der Waals surface area contributed by atoms with Gasteiger partial charge in [-0.15, -0.1) is 5.06 Å². The number of para-hydroxylation sites is 1. The molecule has 9 heteroatoms. The summed E-state index contributed by atoms with van der Waals surface area (Å²) < 4.78 is 11.0. The van der Waals surface area contributed by atoms with Gasteiger partial charge in [-0.1, -0.05) is 23.7 Å². The fraction of sp³-hybridized carbons (Fsp3) is 0.500. The van der Waals surface area contributed by atoms with Crippen molar-refractivity contribution < 1.29 is 19.1 Å². The van der Waals surface area contributed by atoms with Crippen molar-refractivity contribution in [3.05, 3.63) is 41.7 Å². The van der Waals surface area contributed by atoms with Gasteiger partial charge in [0.2, 0.25) is 5.88 Å². The summed E-state index contributed by atoms with van der Waals surface area (Å²) >= 11 is 6.16. The summed E-state index contributed by atoms with van der Waals surface area (Å²) in [6, 6.07) is 9.06. The Morgan fingerprint density at radius 2 is 1.94 bits per heavy atom. The van der Waals surface area contributed by atoms with E-state index in [4.69, 9.17) is 25.9 Å². The molecule has 0 radical (unpaired) electrons. The van der Waals surface area contributed by atoms with E-state index in [-0.39, 0.29) is 0 Å². The summed E-state index contributed by atoms with van der Waals surface area (Å²) in [5.41, 5.74) is -0.565. The van der Waals surface area contributed by atoms with E-state index in [2.05, 4.69) is 14.9 Å². The quantitative estimate of drug-likeness (QED) is 0.575. The summed E-state index contributed by atoms with van der Waals surface area (Å²) in [6.07, 6.45) is 2.63. The maximum absolute atomic E-state index is 11.8. The van der Waals surface area contributed by atoms with Crippen LogP contribution in [0.15, 0.2) is 36.7 Å². The van der Waals surface area contributed by atoms with E-state index < -0.39 is 11.8 Å². The molecule has 0 bridgehead atoms. The Labute approximate surface area is 188 Å². The average Bonchev–Trinajstić information content (AvgIpc) is 2.70. The molecule has 2 heterocycles. The number of halogens is 1. The number of ether oxygens (including phenoxy) is 2. The lowest BCUT2D eigenvalue weighted by molar-refractivity contribution is -0.154. The summed E-state index contributed by atoms with van der Waals surface area (Å²) in [5.74, 6) is 2.20. The van der Waals surface area contributed by atoms with Crippen LogP contribution >= 0.6 is 11.6 Å². The first kappa shape index (κ1) is 23.1. The SMILES string of the molecule is CN(CC1CCN(OC(=O)OC(C)(C)C)CC1)c1cc(Oc2ccccc2Cl)ncn1. The zero-order valence-corrected chi connectivity index (χ0v) is 19.1. The van der Waals surface area contributed by atoms with Gasteiger partial charge in [0.1, 0.15) is 23.5 Å². The molecule has 1 aromatic carbocycles. The van der Waals surface area contributed by atoms with Crippen molar-refractivity contribution >= 4 is 23.6 Å².